The molecule has 3 nitrogen and oxygen atoms in total. The summed E-state index contributed by atoms with van der Waals surface area (Å²) in [6, 6.07) is 2.07. The van der Waals surface area contributed by atoms with Gasteiger partial charge < -0.3 is 10.0 Å². The number of rotatable bonds is 2. The van der Waals surface area contributed by atoms with E-state index in [2.05, 4.69) is 22.9 Å². The van der Waals surface area contributed by atoms with Crippen LogP contribution in [0.2, 0.25) is 0 Å². The van der Waals surface area contributed by atoms with Gasteiger partial charge in [-0.2, -0.15) is 0 Å². The van der Waals surface area contributed by atoms with Crippen molar-refractivity contribution in [2.45, 2.75) is 26.9 Å². The first-order chi connectivity index (χ1) is 7.20. The van der Waals surface area contributed by atoms with Gasteiger partial charge in [0.25, 0.3) is 0 Å². The van der Waals surface area contributed by atoms with Crippen LogP contribution in [0.15, 0.2) is 12.3 Å². The zero-order chi connectivity index (χ0) is 10.8. The number of hydrogen-bond donors (Lipinski definition) is 1. The molecule has 1 aliphatic rings. The molecule has 0 spiro atoms. The smallest absolute Gasteiger partial charge is 0.0717 e. The van der Waals surface area contributed by atoms with Gasteiger partial charge in [-0.1, -0.05) is 6.92 Å². The van der Waals surface area contributed by atoms with Crippen LogP contribution in [-0.2, 0) is 6.61 Å². The number of hydrogen-bond acceptors (Lipinski definition) is 3. The maximum Gasteiger partial charge on any atom is 0.0717 e. The Morgan fingerprint density at radius 2 is 2.40 bits per heavy atom. The number of aryl methyl sites for hydroxylation is 1. The van der Waals surface area contributed by atoms with E-state index in [4.69, 9.17) is 0 Å². The van der Waals surface area contributed by atoms with E-state index in [1.54, 1.807) is 6.20 Å². The minimum Gasteiger partial charge on any atom is -0.392 e. The fourth-order valence-electron chi connectivity index (χ4n) is 2.14. The lowest BCUT2D eigenvalue weighted by atomic mass is 10.2. The maximum absolute atomic E-state index is 9.27. The predicted molar refractivity (Wildman–Crippen MR) is 60.9 cm³/mol. The van der Waals surface area contributed by atoms with Gasteiger partial charge in [0.05, 0.1) is 6.61 Å². The van der Waals surface area contributed by atoms with E-state index in [1.165, 1.54) is 6.42 Å². The molecule has 3 heteroatoms. The topological polar surface area (TPSA) is 36.4 Å². The molecular formula is C12H18N2O. The van der Waals surface area contributed by atoms with Gasteiger partial charge in [-0.3, -0.25) is 4.98 Å². The Morgan fingerprint density at radius 3 is 3.00 bits per heavy atom. The van der Waals surface area contributed by atoms with Crippen molar-refractivity contribution >= 4 is 5.69 Å². The van der Waals surface area contributed by atoms with Crippen LogP contribution in [0.25, 0.3) is 0 Å². The summed E-state index contributed by atoms with van der Waals surface area (Å²) in [6.07, 6.45) is 3.03. The molecule has 2 rings (SSSR count). The summed E-state index contributed by atoms with van der Waals surface area (Å²) < 4.78 is 0. The first kappa shape index (κ1) is 10.4. The third-order valence-electron chi connectivity index (χ3n) is 3.03. The molecule has 1 unspecified atom stereocenters. The molecule has 1 aliphatic heterocycles. The molecule has 1 atom stereocenters. The van der Waals surface area contributed by atoms with Crippen molar-refractivity contribution in [3.63, 3.8) is 0 Å². The zero-order valence-electron chi connectivity index (χ0n) is 9.40. The molecule has 0 saturated carbocycles. The average Bonchev–Trinajstić information content (AvgIpc) is 2.65. The minimum absolute atomic E-state index is 0.0769. The summed E-state index contributed by atoms with van der Waals surface area (Å²) in [5.74, 6) is 0.755. The first-order valence-corrected chi connectivity index (χ1v) is 5.52. The van der Waals surface area contributed by atoms with Crippen LogP contribution in [0.4, 0.5) is 5.69 Å². The van der Waals surface area contributed by atoms with Crippen LogP contribution < -0.4 is 4.90 Å². The predicted octanol–water partition coefficient (Wildman–Crippen LogP) is 1.73. The molecule has 1 saturated heterocycles. The largest absolute Gasteiger partial charge is 0.392 e. The number of aliphatic hydroxyl groups is 1. The number of nitrogens with zero attached hydrogens (tertiary/aromatic N) is 2. The van der Waals surface area contributed by atoms with Gasteiger partial charge in [-0.15, -0.1) is 0 Å². The number of anilines is 1. The second-order valence-corrected chi connectivity index (χ2v) is 4.45. The highest BCUT2D eigenvalue weighted by atomic mass is 16.3. The number of aliphatic hydroxyl groups excluding tert-OH is 1. The molecule has 1 aromatic heterocycles. The average molecular weight is 206 g/mol. The first-order valence-electron chi connectivity index (χ1n) is 5.52. The summed E-state index contributed by atoms with van der Waals surface area (Å²) in [7, 11) is 0. The van der Waals surface area contributed by atoms with Crippen LogP contribution in [0, 0.1) is 12.8 Å². The molecule has 0 aliphatic carbocycles. The summed E-state index contributed by atoms with van der Waals surface area (Å²) in [4.78, 5) is 6.57. The fraction of sp³-hybridized carbons (Fsp3) is 0.583. The Hall–Kier alpha value is -1.09. The summed E-state index contributed by atoms with van der Waals surface area (Å²) in [6.45, 7) is 6.53. The van der Waals surface area contributed by atoms with Gasteiger partial charge in [-0.25, -0.2) is 0 Å². The highest BCUT2D eigenvalue weighted by molar-refractivity contribution is 5.54. The fourth-order valence-corrected chi connectivity index (χ4v) is 2.14. The van der Waals surface area contributed by atoms with Crippen molar-refractivity contribution in [1.29, 1.82) is 0 Å². The summed E-state index contributed by atoms with van der Waals surface area (Å²) >= 11 is 0. The maximum atomic E-state index is 9.27. The third-order valence-corrected chi connectivity index (χ3v) is 3.03. The lowest BCUT2D eigenvalue weighted by molar-refractivity contribution is 0.281. The van der Waals surface area contributed by atoms with Crippen LogP contribution in [0.5, 0.6) is 0 Å². The molecule has 0 amide bonds. The Bertz CT molecular complexity index is 351. The van der Waals surface area contributed by atoms with Gasteiger partial charge >= 0.3 is 0 Å². The van der Waals surface area contributed by atoms with Crippen LogP contribution in [0.3, 0.4) is 0 Å². The lowest BCUT2D eigenvalue weighted by Crippen LogP contribution is -2.21. The molecule has 1 N–H and O–H groups in total. The second-order valence-electron chi connectivity index (χ2n) is 4.45. The Morgan fingerprint density at radius 1 is 1.60 bits per heavy atom. The van der Waals surface area contributed by atoms with E-state index >= 15 is 0 Å². The highest BCUT2D eigenvalue weighted by Gasteiger charge is 2.20. The molecule has 15 heavy (non-hydrogen) atoms. The Kier molecular flexibility index (Phi) is 2.91. The van der Waals surface area contributed by atoms with Gasteiger partial charge in [0.15, 0.2) is 0 Å². The van der Waals surface area contributed by atoms with Gasteiger partial charge in [0, 0.05) is 36.2 Å². The molecule has 1 fully saturated rings. The van der Waals surface area contributed by atoms with Gasteiger partial charge in [-0.05, 0) is 25.3 Å². The van der Waals surface area contributed by atoms with Crippen molar-refractivity contribution in [3.05, 3.63) is 23.5 Å². The van der Waals surface area contributed by atoms with Crippen molar-refractivity contribution in [2.75, 3.05) is 18.0 Å². The number of aromatic nitrogens is 1. The van der Waals surface area contributed by atoms with E-state index in [0.29, 0.717) is 0 Å². The van der Waals surface area contributed by atoms with E-state index in [9.17, 15) is 5.11 Å². The van der Waals surface area contributed by atoms with Gasteiger partial charge in [0.1, 0.15) is 0 Å². The minimum atomic E-state index is 0.0769. The molecule has 0 aromatic carbocycles. The molecule has 82 valence electrons. The molecule has 0 radical (unpaired) electrons. The van der Waals surface area contributed by atoms with Crippen LogP contribution >= 0.6 is 0 Å². The van der Waals surface area contributed by atoms with E-state index in [-0.39, 0.29) is 6.61 Å². The van der Waals surface area contributed by atoms with Crippen LogP contribution in [0.1, 0.15) is 24.6 Å². The van der Waals surface area contributed by atoms with Crippen molar-refractivity contribution in [1.82, 2.24) is 4.98 Å². The zero-order valence-corrected chi connectivity index (χ0v) is 9.40. The lowest BCUT2D eigenvalue weighted by Gasteiger charge is -2.21. The summed E-state index contributed by atoms with van der Waals surface area (Å²) in [5, 5.41) is 9.27. The van der Waals surface area contributed by atoms with Crippen molar-refractivity contribution in [3.8, 4) is 0 Å². The van der Waals surface area contributed by atoms with E-state index in [0.717, 1.165) is 36.0 Å². The monoisotopic (exact) mass is 206 g/mol. The third kappa shape index (κ3) is 2.12. The molecular weight excluding hydrogens is 188 g/mol. The quantitative estimate of drug-likeness (QED) is 0.800. The Labute approximate surface area is 90.8 Å². The molecule has 1 aromatic rings. The van der Waals surface area contributed by atoms with Crippen LogP contribution in [-0.4, -0.2) is 23.2 Å². The van der Waals surface area contributed by atoms with Crippen molar-refractivity contribution < 1.29 is 5.11 Å². The SMILES string of the molecule is Cc1cc(N2CCC(C)C2)c(CO)cn1. The number of pyridine rings is 1. The second kappa shape index (κ2) is 4.19. The van der Waals surface area contributed by atoms with E-state index in [1.807, 2.05) is 6.92 Å². The standard InChI is InChI=1S/C12H18N2O/c1-9-3-4-14(7-9)12-5-10(2)13-6-11(12)8-15/h5-6,9,15H,3-4,7-8H2,1-2H3. The highest BCUT2D eigenvalue weighted by Crippen LogP contribution is 2.27. The van der Waals surface area contributed by atoms with Crippen molar-refractivity contribution in [2.24, 2.45) is 5.92 Å². The molecule has 0 bridgehead atoms. The Balaban J connectivity index is 2.29. The summed E-state index contributed by atoms with van der Waals surface area (Å²) in [5.41, 5.74) is 3.12. The van der Waals surface area contributed by atoms with Gasteiger partial charge in [0.2, 0.25) is 0 Å². The molecule has 2 heterocycles. The van der Waals surface area contributed by atoms with E-state index < -0.39 is 0 Å². The normalized spacial score (nSPS) is 21.0.